The maximum Gasteiger partial charge on any atom is 0.416 e. The van der Waals surface area contributed by atoms with Gasteiger partial charge in [-0.1, -0.05) is 12.1 Å². The summed E-state index contributed by atoms with van der Waals surface area (Å²) in [5.74, 6) is 1.02. The SMILES string of the molecule is OCCNc1ccc(-c2ccc3ncc4c(c3c2)n(-c2cccc(C(F)(F)F)c2)c2nncn42)cn1. The molecular formula is C25H18F3N7O. The summed E-state index contributed by atoms with van der Waals surface area (Å²) in [6.45, 7) is 0.400. The van der Waals surface area contributed by atoms with Crippen molar-refractivity contribution in [1.82, 2.24) is 29.1 Å². The van der Waals surface area contributed by atoms with Crippen molar-refractivity contribution in [3.63, 3.8) is 0 Å². The molecular weight excluding hydrogens is 471 g/mol. The predicted molar refractivity (Wildman–Crippen MR) is 129 cm³/mol. The smallest absolute Gasteiger partial charge is 0.395 e. The molecule has 0 aliphatic heterocycles. The maximum atomic E-state index is 13.5. The van der Waals surface area contributed by atoms with Crippen molar-refractivity contribution in [2.45, 2.75) is 6.18 Å². The van der Waals surface area contributed by atoms with Gasteiger partial charge in [-0.15, -0.1) is 10.2 Å². The highest BCUT2D eigenvalue weighted by atomic mass is 19.4. The van der Waals surface area contributed by atoms with Gasteiger partial charge < -0.3 is 10.4 Å². The summed E-state index contributed by atoms with van der Waals surface area (Å²) >= 11 is 0. The molecule has 36 heavy (non-hydrogen) atoms. The Balaban J connectivity index is 1.58. The fourth-order valence-corrected chi connectivity index (χ4v) is 4.33. The predicted octanol–water partition coefficient (Wildman–Crippen LogP) is 4.71. The average molecular weight is 489 g/mol. The monoisotopic (exact) mass is 489 g/mol. The average Bonchev–Trinajstić information content (AvgIpc) is 3.48. The van der Waals surface area contributed by atoms with Crippen LogP contribution in [0.5, 0.6) is 0 Å². The number of fused-ring (bicyclic) bond motifs is 5. The lowest BCUT2D eigenvalue weighted by Gasteiger charge is -2.12. The second kappa shape index (κ2) is 8.31. The van der Waals surface area contributed by atoms with Crippen LogP contribution in [0.1, 0.15) is 5.56 Å². The molecule has 4 heterocycles. The van der Waals surface area contributed by atoms with Crippen molar-refractivity contribution in [3.8, 4) is 16.8 Å². The zero-order chi connectivity index (χ0) is 24.9. The number of alkyl halides is 3. The van der Waals surface area contributed by atoms with E-state index in [9.17, 15) is 13.2 Å². The number of nitrogens with zero attached hydrogens (tertiary/aromatic N) is 6. The van der Waals surface area contributed by atoms with Crippen LogP contribution in [0.25, 0.3) is 44.5 Å². The molecule has 4 aromatic heterocycles. The van der Waals surface area contributed by atoms with E-state index >= 15 is 0 Å². The number of aliphatic hydroxyl groups is 1. The third kappa shape index (κ3) is 3.60. The van der Waals surface area contributed by atoms with Gasteiger partial charge in [0.25, 0.3) is 0 Å². The minimum Gasteiger partial charge on any atom is -0.395 e. The first-order chi connectivity index (χ1) is 17.4. The van der Waals surface area contributed by atoms with Crippen molar-refractivity contribution in [3.05, 3.63) is 78.9 Å². The molecule has 0 fully saturated rings. The van der Waals surface area contributed by atoms with E-state index in [0.29, 0.717) is 40.4 Å². The van der Waals surface area contributed by atoms with Crippen LogP contribution in [-0.2, 0) is 6.18 Å². The molecule has 0 atom stereocenters. The fourth-order valence-electron chi connectivity index (χ4n) is 4.33. The minimum absolute atomic E-state index is 0.00160. The van der Waals surface area contributed by atoms with Crippen LogP contribution in [0.3, 0.4) is 0 Å². The molecule has 2 N–H and O–H groups in total. The Morgan fingerprint density at radius 3 is 2.58 bits per heavy atom. The zero-order valence-corrected chi connectivity index (χ0v) is 18.6. The van der Waals surface area contributed by atoms with Crippen molar-refractivity contribution in [1.29, 1.82) is 0 Å². The normalized spacial score (nSPS) is 12.1. The van der Waals surface area contributed by atoms with Gasteiger partial charge in [-0.05, 0) is 48.0 Å². The first kappa shape index (κ1) is 22.0. The van der Waals surface area contributed by atoms with Gasteiger partial charge in [-0.3, -0.25) is 14.0 Å². The van der Waals surface area contributed by atoms with Crippen molar-refractivity contribution >= 4 is 33.5 Å². The molecule has 180 valence electrons. The molecule has 8 nitrogen and oxygen atoms in total. The first-order valence-corrected chi connectivity index (χ1v) is 11.1. The van der Waals surface area contributed by atoms with E-state index < -0.39 is 11.7 Å². The van der Waals surface area contributed by atoms with Gasteiger partial charge in [0.2, 0.25) is 5.78 Å². The standard InChI is InChI=1S/C25H18F3N7O/c26-25(27,28)17-2-1-3-18(11-17)35-23-19-10-15(16-5-7-22(31-12-16)29-8-9-36)4-6-20(19)30-13-21(23)34-14-32-33-24(34)35/h1-7,10-14,36H,8-9H2,(H,29,31). The number of pyridine rings is 2. The Kier molecular flexibility index (Phi) is 5.07. The Morgan fingerprint density at radius 1 is 0.944 bits per heavy atom. The van der Waals surface area contributed by atoms with Crippen LogP contribution in [0.2, 0.25) is 0 Å². The molecule has 0 aliphatic rings. The van der Waals surface area contributed by atoms with E-state index in [1.807, 2.05) is 30.3 Å². The highest BCUT2D eigenvalue weighted by molar-refractivity contribution is 6.06. The molecule has 0 radical (unpaired) electrons. The summed E-state index contributed by atoms with van der Waals surface area (Å²) in [7, 11) is 0. The summed E-state index contributed by atoms with van der Waals surface area (Å²) in [6, 6.07) is 14.6. The van der Waals surface area contributed by atoms with Gasteiger partial charge in [0.15, 0.2) is 0 Å². The number of anilines is 1. The van der Waals surface area contributed by atoms with E-state index in [1.54, 1.807) is 27.4 Å². The van der Waals surface area contributed by atoms with Gasteiger partial charge in [-0.25, -0.2) is 4.98 Å². The third-order valence-electron chi connectivity index (χ3n) is 5.98. The van der Waals surface area contributed by atoms with Gasteiger partial charge in [0.05, 0.1) is 34.9 Å². The highest BCUT2D eigenvalue weighted by Crippen LogP contribution is 2.35. The minimum atomic E-state index is -4.48. The molecule has 0 saturated heterocycles. The molecule has 6 aromatic rings. The zero-order valence-electron chi connectivity index (χ0n) is 18.6. The number of rotatable bonds is 5. The van der Waals surface area contributed by atoms with E-state index in [0.717, 1.165) is 28.6 Å². The number of hydrogen-bond donors (Lipinski definition) is 2. The molecule has 0 amide bonds. The topological polar surface area (TPSA) is 93.2 Å². The second-order valence-electron chi connectivity index (χ2n) is 8.19. The van der Waals surface area contributed by atoms with Crippen LogP contribution in [0.4, 0.5) is 19.0 Å². The number of imidazole rings is 1. The molecule has 6 rings (SSSR count). The highest BCUT2D eigenvalue weighted by Gasteiger charge is 2.31. The summed E-state index contributed by atoms with van der Waals surface area (Å²) in [4.78, 5) is 8.95. The van der Waals surface area contributed by atoms with Gasteiger partial charge >= 0.3 is 6.18 Å². The number of hydrogen-bond acceptors (Lipinski definition) is 6. The number of nitrogens with one attached hydrogen (secondary N) is 1. The molecule has 0 unspecified atom stereocenters. The van der Waals surface area contributed by atoms with Crippen molar-refractivity contribution < 1.29 is 18.3 Å². The number of halogens is 3. The first-order valence-electron chi connectivity index (χ1n) is 11.1. The van der Waals surface area contributed by atoms with Crippen molar-refractivity contribution in [2.24, 2.45) is 0 Å². The fraction of sp³-hybridized carbons (Fsp3) is 0.120. The maximum absolute atomic E-state index is 13.5. The molecule has 11 heteroatoms. The Morgan fingerprint density at radius 2 is 1.81 bits per heavy atom. The Bertz CT molecular complexity index is 1720. The molecule has 2 aromatic carbocycles. The summed E-state index contributed by atoms with van der Waals surface area (Å²) in [6.07, 6.45) is 0.421. The number of aliphatic hydroxyl groups excluding tert-OH is 1. The lowest BCUT2D eigenvalue weighted by Crippen LogP contribution is -2.06. The van der Waals surface area contributed by atoms with Gasteiger partial charge in [-0.2, -0.15) is 13.2 Å². The number of benzene rings is 2. The van der Waals surface area contributed by atoms with E-state index in [4.69, 9.17) is 5.11 Å². The Hall–Kier alpha value is -4.51. The van der Waals surface area contributed by atoms with Crippen LogP contribution in [0.15, 0.2) is 73.3 Å². The largest absolute Gasteiger partial charge is 0.416 e. The third-order valence-corrected chi connectivity index (χ3v) is 5.98. The summed E-state index contributed by atoms with van der Waals surface area (Å²) in [5.41, 5.74) is 3.30. The van der Waals surface area contributed by atoms with Crippen LogP contribution < -0.4 is 5.32 Å². The molecule has 0 spiro atoms. The molecule has 0 saturated carbocycles. The summed E-state index contributed by atoms with van der Waals surface area (Å²) in [5, 5.41) is 20.9. The lowest BCUT2D eigenvalue weighted by molar-refractivity contribution is -0.137. The second-order valence-corrected chi connectivity index (χ2v) is 8.19. The van der Waals surface area contributed by atoms with Crippen LogP contribution in [-0.4, -0.2) is 47.4 Å². The van der Waals surface area contributed by atoms with Gasteiger partial charge in [0, 0.05) is 29.4 Å². The van der Waals surface area contributed by atoms with E-state index in [2.05, 4.69) is 25.5 Å². The molecule has 0 aliphatic carbocycles. The van der Waals surface area contributed by atoms with Crippen molar-refractivity contribution in [2.75, 3.05) is 18.5 Å². The summed E-state index contributed by atoms with van der Waals surface area (Å²) < 4.78 is 43.9. The van der Waals surface area contributed by atoms with Gasteiger partial charge in [0.1, 0.15) is 12.1 Å². The molecule has 0 bridgehead atoms. The van der Waals surface area contributed by atoms with E-state index in [-0.39, 0.29) is 6.61 Å². The van der Waals surface area contributed by atoms with E-state index in [1.165, 1.54) is 12.4 Å². The lowest BCUT2D eigenvalue weighted by atomic mass is 10.0. The van der Waals surface area contributed by atoms with Crippen LogP contribution in [0, 0.1) is 0 Å². The van der Waals surface area contributed by atoms with Crippen LogP contribution >= 0.6 is 0 Å². The number of aromatic nitrogens is 6. The quantitative estimate of drug-likeness (QED) is 0.365. The Labute approximate surface area is 201 Å².